The van der Waals surface area contributed by atoms with Crippen LogP contribution in [0.5, 0.6) is 5.75 Å². The van der Waals surface area contributed by atoms with Crippen molar-refractivity contribution < 1.29 is 4.74 Å². The van der Waals surface area contributed by atoms with Crippen molar-refractivity contribution in [2.45, 2.75) is 46.6 Å². The van der Waals surface area contributed by atoms with Gasteiger partial charge in [-0.15, -0.1) is 0 Å². The maximum atomic E-state index is 5.73. The molecule has 0 heterocycles. The number of hydrogen-bond acceptors (Lipinski definition) is 2. The summed E-state index contributed by atoms with van der Waals surface area (Å²) in [6.45, 7) is 9.94. The highest BCUT2D eigenvalue weighted by molar-refractivity contribution is 9.10. The van der Waals surface area contributed by atoms with Gasteiger partial charge in [0, 0.05) is 16.1 Å². The molecule has 3 unspecified atom stereocenters. The van der Waals surface area contributed by atoms with Crippen LogP contribution in [0, 0.1) is 25.7 Å². The summed E-state index contributed by atoms with van der Waals surface area (Å²) >= 11 is 3.70. The van der Waals surface area contributed by atoms with Gasteiger partial charge in [0.2, 0.25) is 0 Å². The molecule has 0 amide bonds. The van der Waals surface area contributed by atoms with Gasteiger partial charge >= 0.3 is 0 Å². The lowest BCUT2D eigenvalue weighted by Crippen LogP contribution is -2.26. The van der Waals surface area contributed by atoms with E-state index in [2.05, 4.69) is 55.0 Å². The maximum Gasteiger partial charge on any atom is 0.126 e. The molecule has 112 valence electrons. The molecule has 0 bridgehead atoms. The van der Waals surface area contributed by atoms with Gasteiger partial charge in [0.1, 0.15) is 5.75 Å². The van der Waals surface area contributed by atoms with Crippen molar-refractivity contribution in [1.82, 2.24) is 5.32 Å². The van der Waals surface area contributed by atoms with Crippen molar-refractivity contribution in [3.05, 3.63) is 27.2 Å². The van der Waals surface area contributed by atoms with Gasteiger partial charge in [0.05, 0.1) is 7.11 Å². The number of hydrogen-bond donors (Lipinski definition) is 1. The van der Waals surface area contributed by atoms with Crippen LogP contribution in [0.4, 0.5) is 0 Å². The first-order valence-electron chi connectivity index (χ1n) is 7.58. The van der Waals surface area contributed by atoms with Crippen molar-refractivity contribution in [2.75, 3.05) is 13.7 Å². The lowest BCUT2D eigenvalue weighted by atomic mass is 9.93. The summed E-state index contributed by atoms with van der Waals surface area (Å²) < 4.78 is 6.91. The van der Waals surface area contributed by atoms with Crippen molar-refractivity contribution in [1.29, 1.82) is 0 Å². The molecule has 3 atom stereocenters. The summed E-state index contributed by atoms with van der Waals surface area (Å²) in [7, 11) is 1.78. The molecule has 1 N–H and O–H groups in total. The molecule has 2 rings (SSSR count). The Bertz CT molecular complexity index is 486. The van der Waals surface area contributed by atoms with E-state index in [4.69, 9.17) is 4.74 Å². The Kier molecular flexibility index (Phi) is 5.14. The topological polar surface area (TPSA) is 21.3 Å². The predicted molar refractivity (Wildman–Crippen MR) is 88.5 cm³/mol. The number of rotatable bonds is 6. The number of benzene rings is 1. The predicted octanol–water partition coefficient (Wildman–Crippen LogP) is 4.77. The minimum absolute atomic E-state index is 0.413. The standard InChI is InChI=1S/C17H26BrNO/c1-6-7-19-16(13-8-10(13)2)15-12(4)14(18)9-11(3)17(15)20-5/h9-10,13,16,19H,6-8H2,1-5H3. The monoisotopic (exact) mass is 339 g/mol. The highest BCUT2D eigenvalue weighted by Gasteiger charge is 2.41. The first kappa shape index (κ1) is 15.8. The van der Waals surface area contributed by atoms with Gasteiger partial charge in [0.15, 0.2) is 0 Å². The molecular formula is C17H26BrNO. The molecule has 0 spiro atoms. The first-order chi connectivity index (χ1) is 9.51. The number of ether oxygens (including phenoxy) is 1. The van der Waals surface area contributed by atoms with Gasteiger partial charge in [-0.05, 0) is 62.3 Å². The van der Waals surface area contributed by atoms with Crippen molar-refractivity contribution in [2.24, 2.45) is 11.8 Å². The van der Waals surface area contributed by atoms with Crippen LogP contribution in [0.3, 0.4) is 0 Å². The molecule has 0 aliphatic heterocycles. The highest BCUT2D eigenvalue weighted by Crippen LogP contribution is 2.50. The fourth-order valence-electron chi connectivity index (χ4n) is 3.10. The van der Waals surface area contributed by atoms with E-state index in [0.717, 1.165) is 30.6 Å². The molecule has 0 radical (unpaired) electrons. The zero-order valence-corrected chi connectivity index (χ0v) is 14.8. The van der Waals surface area contributed by atoms with Crippen molar-refractivity contribution in [3.8, 4) is 5.75 Å². The second kappa shape index (κ2) is 6.48. The molecule has 1 aliphatic rings. The third kappa shape index (κ3) is 3.04. The summed E-state index contributed by atoms with van der Waals surface area (Å²) in [5.41, 5.74) is 3.86. The second-order valence-corrected chi connectivity index (χ2v) is 6.91. The lowest BCUT2D eigenvalue weighted by molar-refractivity contribution is 0.383. The van der Waals surface area contributed by atoms with E-state index >= 15 is 0 Å². The second-order valence-electron chi connectivity index (χ2n) is 6.06. The average molecular weight is 340 g/mol. The first-order valence-corrected chi connectivity index (χ1v) is 8.37. The van der Waals surface area contributed by atoms with E-state index in [1.54, 1.807) is 7.11 Å². The fourth-order valence-corrected chi connectivity index (χ4v) is 3.66. The van der Waals surface area contributed by atoms with Crippen LogP contribution in [0.2, 0.25) is 0 Å². The molecule has 1 aliphatic carbocycles. The third-order valence-electron chi connectivity index (χ3n) is 4.44. The van der Waals surface area contributed by atoms with Gasteiger partial charge < -0.3 is 10.1 Å². The molecule has 0 aromatic heterocycles. The van der Waals surface area contributed by atoms with Crippen LogP contribution in [0.1, 0.15) is 49.4 Å². The summed E-state index contributed by atoms with van der Waals surface area (Å²) in [5, 5.41) is 3.75. The van der Waals surface area contributed by atoms with E-state index in [0.29, 0.717) is 6.04 Å². The van der Waals surface area contributed by atoms with Gasteiger partial charge in [-0.2, -0.15) is 0 Å². The van der Waals surface area contributed by atoms with Crippen LogP contribution in [0.15, 0.2) is 10.5 Å². The Morgan fingerprint density at radius 3 is 2.60 bits per heavy atom. The summed E-state index contributed by atoms with van der Waals surface area (Å²) in [6, 6.07) is 2.57. The van der Waals surface area contributed by atoms with E-state index in [1.807, 2.05) is 0 Å². The van der Waals surface area contributed by atoms with Gasteiger partial charge in [-0.3, -0.25) is 0 Å². The maximum absolute atomic E-state index is 5.73. The van der Waals surface area contributed by atoms with E-state index in [9.17, 15) is 0 Å². The van der Waals surface area contributed by atoms with Crippen molar-refractivity contribution in [3.63, 3.8) is 0 Å². The Balaban J connectivity index is 2.45. The minimum Gasteiger partial charge on any atom is -0.496 e. The molecule has 1 saturated carbocycles. The quantitative estimate of drug-likeness (QED) is 0.805. The zero-order valence-electron chi connectivity index (χ0n) is 13.2. The summed E-state index contributed by atoms with van der Waals surface area (Å²) in [5.74, 6) is 2.61. The fraction of sp³-hybridized carbons (Fsp3) is 0.647. The minimum atomic E-state index is 0.413. The largest absolute Gasteiger partial charge is 0.496 e. The van der Waals surface area contributed by atoms with Gasteiger partial charge in [-0.25, -0.2) is 0 Å². The molecular weight excluding hydrogens is 314 g/mol. The Morgan fingerprint density at radius 1 is 1.45 bits per heavy atom. The van der Waals surface area contributed by atoms with Gasteiger partial charge in [-0.1, -0.05) is 29.8 Å². The van der Waals surface area contributed by atoms with E-state index in [1.165, 1.54) is 27.6 Å². The normalized spacial score (nSPS) is 22.7. The van der Waals surface area contributed by atoms with Crippen LogP contribution in [-0.2, 0) is 0 Å². The molecule has 1 aromatic carbocycles. The molecule has 0 saturated heterocycles. The van der Waals surface area contributed by atoms with Gasteiger partial charge in [0.25, 0.3) is 0 Å². The lowest BCUT2D eigenvalue weighted by Gasteiger charge is -2.25. The molecule has 20 heavy (non-hydrogen) atoms. The third-order valence-corrected chi connectivity index (χ3v) is 5.26. The number of methoxy groups -OCH3 is 1. The molecule has 2 nitrogen and oxygen atoms in total. The average Bonchev–Trinajstić information content (AvgIpc) is 3.12. The van der Waals surface area contributed by atoms with E-state index < -0.39 is 0 Å². The molecule has 3 heteroatoms. The highest BCUT2D eigenvalue weighted by atomic mass is 79.9. The number of aryl methyl sites for hydroxylation is 1. The number of halogens is 1. The molecule has 1 fully saturated rings. The summed E-state index contributed by atoms with van der Waals surface area (Å²) in [4.78, 5) is 0. The zero-order chi connectivity index (χ0) is 14.9. The number of nitrogens with one attached hydrogen (secondary N) is 1. The smallest absolute Gasteiger partial charge is 0.126 e. The van der Waals surface area contributed by atoms with Crippen LogP contribution >= 0.6 is 15.9 Å². The van der Waals surface area contributed by atoms with Crippen LogP contribution in [-0.4, -0.2) is 13.7 Å². The van der Waals surface area contributed by atoms with Crippen LogP contribution < -0.4 is 10.1 Å². The Morgan fingerprint density at radius 2 is 2.10 bits per heavy atom. The van der Waals surface area contributed by atoms with E-state index in [-0.39, 0.29) is 0 Å². The summed E-state index contributed by atoms with van der Waals surface area (Å²) in [6.07, 6.45) is 2.47. The van der Waals surface area contributed by atoms with Crippen LogP contribution in [0.25, 0.3) is 0 Å². The Labute approximate surface area is 131 Å². The SMILES string of the molecule is CCCNC(c1c(C)c(Br)cc(C)c1OC)C1CC1C. The molecule has 1 aromatic rings. The van der Waals surface area contributed by atoms with Crippen molar-refractivity contribution >= 4 is 15.9 Å². The Hall–Kier alpha value is -0.540.